The minimum Gasteiger partial charge on any atom is -0.497 e. The van der Waals surface area contributed by atoms with Crippen LogP contribution in [-0.4, -0.2) is 28.0 Å². The normalized spacial score (nSPS) is 11.1. The fourth-order valence-corrected chi connectivity index (χ4v) is 2.85. The number of ether oxygens (including phenoxy) is 2. The second-order valence-electron chi connectivity index (χ2n) is 5.89. The van der Waals surface area contributed by atoms with Gasteiger partial charge in [-0.2, -0.15) is 0 Å². The largest absolute Gasteiger partial charge is 0.497 e. The van der Waals surface area contributed by atoms with Crippen LogP contribution in [0.15, 0.2) is 42.6 Å². The first-order valence-corrected chi connectivity index (χ1v) is 7.91. The highest BCUT2D eigenvalue weighted by atomic mass is 16.5. The second-order valence-corrected chi connectivity index (χ2v) is 5.89. The summed E-state index contributed by atoms with van der Waals surface area (Å²) in [5, 5.41) is 0.768. The van der Waals surface area contributed by atoms with E-state index in [1.165, 1.54) is 0 Å². The number of carbonyl (C=O) groups excluding carboxylic acids is 1. The maximum atomic E-state index is 12.4. The molecule has 0 bridgehead atoms. The topological polar surface area (TPSA) is 80.0 Å². The fraction of sp³-hybridized carbons (Fsp3) is 0.158. The summed E-state index contributed by atoms with van der Waals surface area (Å²) in [4.78, 5) is 23.1. The number of imidazole rings is 1. The molecule has 0 amide bonds. The molecule has 4 aromatic rings. The van der Waals surface area contributed by atoms with Gasteiger partial charge in [-0.25, -0.2) is 9.78 Å². The minimum absolute atomic E-state index is 0.0865. The summed E-state index contributed by atoms with van der Waals surface area (Å²) in [6.45, 7) is 2.11. The molecule has 4 rings (SSSR count). The Morgan fingerprint density at radius 2 is 2.04 bits per heavy atom. The van der Waals surface area contributed by atoms with Crippen LogP contribution in [0.2, 0.25) is 0 Å². The number of aromatic amines is 2. The van der Waals surface area contributed by atoms with E-state index < -0.39 is 5.97 Å². The van der Waals surface area contributed by atoms with E-state index in [4.69, 9.17) is 9.47 Å². The first-order chi connectivity index (χ1) is 12.1. The third-order valence-electron chi connectivity index (χ3n) is 4.14. The van der Waals surface area contributed by atoms with Gasteiger partial charge >= 0.3 is 5.97 Å². The third kappa shape index (κ3) is 2.82. The molecule has 0 spiro atoms. The van der Waals surface area contributed by atoms with Crippen molar-refractivity contribution in [3.8, 4) is 5.75 Å². The Hall–Kier alpha value is -3.28. The molecule has 0 atom stereocenters. The number of nitrogens with zero attached hydrogens (tertiary/aromatic N) is 1. The summed E-state index contributed by atoms with van der Waals surface area (Å²) in [6.07, 6.45) is 1.65. The van der Waals surface area contributed by atoms with Gasteiger partial charge in [-0.15, -0.1) is 0 Å². The molecule has 0 saturated carbocycles. The van der Waals surface area contributed by atoms with Crippen molar-refractivity contribution in [3.05, 3.63) is 59.5 Å². The average Bonchev–Trinajstić information content (AvgIpc) is 3.22. The van der Waals surface area contributed by atoms with Crippen molar-refractivity contribution >= 4 is 27.9 Å². The number of methoxy groups -OCH3 is 1. The molecule has 6 nitrogen and oxygen atoms in total. The molecule has 0 aliphatic rings. The van der Waals surface area contributed by atoms with Gasteiger partial charge < -0.3 is 19.4 Å². The van der Waals surface area contributed by atoms with Crippen molar-refractivity contribution in [1.29, 1.82) is 0 Å². The number of fused-ring (bicyclic) bond motifs is 2. The molecular weight excluding hydrogens is 318 g/mol. The molecule has 2 heterocycles. The second kappa shape index (κ2) is 5.98. The van der Waals surface area contributed by atoms with Crippen molar-refractivity contribution in [1.82, 2.24) is 15.0 Å². The highest BCUT2D eigenvalue weighted by molar-refractivity contribution is 6.04. The maximum absolute atomic E-state index is 12.4. The van der Waals surface area contributed by atoms with Crippen LogP contribution in [0.5, 0.6) is 5.75 Å². The molecule has 126 valence electrons. The van der Waals surface area contributed by atoms with E-state index in [1.807, 2.05) is 43.3 Å². The lowest BCUT2D eigenvalue weighted by Gasteiger charge is -2.03. The van der Waals surface area contributed by atoms with E-state index in [-0.39, 0.29) is 6.61 Å². The van der Waals surface area contributed by atoms with Gasteiger partial charge in [0.1, 0.15) is 18.2 Å². The predicted octanol–water partition coefficient (Wildman–Crippen LogP) is 3.72. The SMILES string of the molecule is COc1ccc2[nH]cc(C(=O)OCc3nc4ccc(C)cc4[nH]3)c2c1. The van der Waals surface area contributed by atoms with Crippen LogP contribution in [0.1, 0.15) is 21.7 Å². The van der Waals surface area contributed by atoms with Gasteiger partial charge in [-0.3, -0.25) is 0 Å². The Bertz CT molecular complexity index is 1080. The van der Waals surface area contributed by atoms with E-state index >= 15 is 0 Å². The molecular formula is C19H17N3O3. The van der Waals surface area contributed by atoms with E-state index in [9.17, 15) is 4.79 Å². The van der Waals surface area contributed by atoms with Gasteiger partial charge in [0.2, 0.25) is 0 Å². The van der Waals surface area contributed by atoms with Crippen molar-refractivity contribution in [3.63, 3.8) is 0 Å². The van der Waals surface area contributed by atoms with Crippen LogP contribution >= 0.6 is 0 Å². The number of aryl methyl sites for hydroxylation is 1. The number of hydrogen-bond acceptors (Lipinski definition) is 4. The fourth-order valence-electron chi connectivity index (χ4n) is 2.85. The molecule has 0 fully saturated rings. The Morgan fingerprint density at radius 3 is 2.88 bits per heavy atom. The third-order valence-corrected chi connectivity index (χ3v) is 4.14. The van der Waals surface area contributed by atoms with Crippen LogP contribution in [0.4, 0.5) is 0 Å². The summed E-state index contributed by atoms with van der Waals surface area (Å²) in [5.74, 6) is 0.899. The number of esters is 1. The van der Waals surface area contributed by atoms with Gasteiger partial charge in [0.25, 0.3) is 0 Å². The molecule has 0 aliphatic carbocycles. The predicted molar refractivity (Wildman–Crippen MR) is 94.8 cm³/mol. The standard InChI is InChI=1S/C19H17N3O3/c1-11-3-5-16-17(7-11)22-18(21-16)10-25-19(23)14-9-20-15-6-4-12(24-2)8-13(14)15/h3-9,20H,10H2,1-2H3,(H,21,22). The lowest BCUT2D eigenvalue weighted by Crippen LogP contribution is -2.05. The van der Waals surface area contributed by atoms with Crippen LogP contribution < -0.4 is 4.74 Å². The number of benzene rings is 2. The number of H-pyrrole nitrogens is 2. The average molecular weight is 335 g/mol. The van der Waals surface area contributed by atoms with Gasteiger partial charge in [0, 0.05) is 17.1 Å². The van der Waals surface area contributed by atoms with Gasteiger partial charge in [-0.1, -0.05) is 6.07 Å². The van der Waals surface area contributed by atoms with Crippen molar-refractivity contribution < 1.29 is 14.3 Å². The number of carbonyl (C=O) groups is 1. The summed E-state index contributed by atoms with van der Waals surface area (Å²) in [5.41, 5.74) is 4.26. The number of aromatic nitrogens is 3. The van der Waals surface area contributed by atoms with Crippen LogP contribution in [0, 0.1) is 6.92 Å². The summed E-state index contributed by atoms with van der Waals surface area (Å²) in [7, 11) is 1.59. The Kier molecular flexibility index (Phi) is 3.65. The lowest BCUT2D eigenvalue weighted by molar-refractivity contribution is 0.0466. The quantitative estimate of drug-likeness (QED) is 0.557. The molecule has 25 heavy (non-hydrogen) atoms. The zero-order valence-electron chi connectivity index (χ0n) is 13.9. The monoisotopic (exact) mass is 335 g/mol. The zero-order valence-corrected chi connectivity index (χ0v) is 13.9. The molecule has 2 N–H and O–H groups in total. The van der Waals surface area contributed by atoms with Gasteiger partial charge in [0.05, 0.1) is 23.7 Å². The van der Waals surface area contributed by atoms with Gasteiger partial charge in [-0.05, 0) is 42.8 Å². The molecule has 0 radical (unpaired) electrons. The molecule has 2 aromatic heterocycles. The molecule has 0 unspecified atom stereocenters. The molecule has 2 aromatic carbocycles. The van der Waals surface area contributed by atoms with Crippen molar-refractivity contribution in [2.75, 3.05) is 7.11 Å². The zero-order chi connectivity index (χ0) is 17.4. The first kappa shape index (κ1) is 15.3. The highest BCUT2D eigenvalue weighted by Crippen LogP contribution is 2.24. The van der Waals surface area contributed by atoms with Crippen LogP contribution in [0.25, 0.3) is 21.9 Å². The maximum Gasteiger partial charge on any atom is 0.340 e. The summed E-state index contributed by atoms with van der Waals surface area (Å²) < 4.78 is 10.6. The summed E-state index contributed by atoms with van der Waals surface area (Å²) >= 11 is 0. The van der Waals surface area contributed by atoms with E-state index in [1.54, 1.807) is 13.3 Å². The van der Waals surface area contributed by atoms with Crippen LogP contribution in [0.3, 0.4) is 0 Å². The lowest BCUT2D eigenvalue weighted by atomic mass is 10.1. The molecule has 0 saturated heterocycles. The van der Waals surface area contributed by atoms with Crippen LogP contribution in [-0.2, 0) is 11.3 Å². The summed E-state index contributed by atoms with van der Waals surface area (Å²) in [6, 6.07) is 11.5. The smallest absolute Gasteiger partial charge is 0.340 e. The Morgan fingerprint density at radius 1 is 1.16 bits per heavy atom. The number of nitrogens with one attached hydrogen (secondary N) is 2. The first-order valence-electron chi connectivity index (χ1n) is 7.91. The number of rotatable bonds is 4. The Balaban J connectivity index is 1.55. The Labute approximate surface area is 143 Å². The number of hydrogen-bond donors (Lipinski definition) is 2. The van der Waals surface area contributed by atoms with Crippen molar-refractivity contribution in [2.24, 2.45) is 0 Å². The van der Waals surface area contributed by atoms with E-state index in [2.05, 4.69) is 15.0 Å². The van der Waals surface area contributed by atoms with E-state index in [0.29, 0.717) is 17.1 Å². The van der Waals surface area contributed by atoms with Gasteiger partial charge in [0.15, 0.2) is 0 Å². The van der Waals surface area contributed by atoms with E-state index in [0.717, 1.165) is 27.5 Å². The van der Waals surface area contributed by atoms with Crippen molar-refractivity contribution in [2.45, 2.75) is 13.5 Å². The molecule has 6 heteroatoms. The molecule has 0 aliphatic heterocycles. The minimum atomic E-state index is -0.406. The highest BCUT2D eigenvalue weighted by Gasteiger charge is 2.15.